The first-order valence-electron chi connectivity index (χ1n) is 8.27. The zero-order valence-electron chi connectivity index (χ0n) is 14.5. The van der Waals surface area contributed by atoms with Crippen molar-refractivity contribution in [3.63, 3.8) is 0 Å². The van der Waals surface area contributed by atoms with E-state index in [1.807, 2.05) is 16.9 Å². The molecule has 120 valence electrons. The average molecular weight is 293 g/mol. The van der Waals surface area contributed by atoms with Crippen LogP contribution in [-0.2, 0) is 11.2 Å². The van der Waals surface area contributed by atoms with E-state index in [2.05, 4.69) is 51.5 Å². The molecule has 1 aromatic heterocycles. The molecule has 0 aromatic carbocycles. The quantitative estimate of drug-likeness (QED) is 0.699. The summed E-state index contributed by atoms with van der Waals surface area (Å²) in [5.74, 6) is 0.296. The third kappa shape index (κ3) is 3.73. The van der Waals surface area contributed by atoms with Crippen molar-refractivity contribution in [2.75, 3.05) is 13.1 Å². The van der Waals surface area contributed by atoms with Crippen LogP contribution in [0.1, 0.15) is 66.1 Å². The second kappa shape index (κ2) is 7.74. The maximum Gasteiger partial charge on any atom is 0.159 e. The Morgan fingerprint density at radius 1 is 1.24 bits per heavy atom. The lowest BCUT2D eigenvalue weighted by Crippen LogP contribution is -2.54. The van der Waals surface area contributed by atoms with Crippen LogP contribution in [0.15, 0.2) is 12.3 Å². The fourth-order valence-electron chi connectivity index (χ4n) is 3.19. The van der Waals surface area contributed by atoms with Crippen LogP contribution < -0.4 is 0 Å². The highest BCUT2D eigenvalue weighted by atomic mass is 16.1. The van der Waals surface area contributed by atoms with Crippen LogP contribution in [0, 0.1) is 0 Å². The maximum atomic E-state index is 12.9. The lowest BCUT2D eigenvalue weighted by Gasteiger charge is -2.41. The monoisotopic (exact) mass is 293 g/mol. The Bertz CT molecular complexity index is 443. The highest BCUT2D eigenvalue weighted by molar-refractivity contribution is 5.89. The summed E-state index contributed by atoms with van der Waals surface area (Å²) in [6.07, 6.45) is 4.10. The summed E-state index contributed by atoms with van der Waals surface area (Å²) in [5.41, 5.74) is 0.539. The molecule has 0 aliphatic carbocycles. The van der Waals surface area contributed by atoms with Gasteiger partial charge >= 0.3 is 0 Å². The number of ketones is 1. The van der Waals surface area contributed by atoms with Crippen molar-refractivity contribution in [3.05, 3.63) is 18.0 Å². The van der Waals surface area contributed by atoms with Crippen LogP contribution in [0.3, 0.4) is 0 Å². The number of hydrogen-bond acceptors (Lipinski definition) is 3. The van der Waals surface area contributed by atoms with Crippen LogP contribution in [0.25, 0.3) is 0 Å². The van der Waals surface area contributed by atoms with Crippen molar-refractivity contribution in [2.24, 2.45) is 0 Å². The van der Waals surface area contributed by atoms with Gasteiger partial charge < -0.3 is 0 Å². The molecular weight excluding hydrogens is 262 g/mol. The van der Waals surface area contributed by atoms with Gasteiger partial charge in [0.05, 0.1) is 17.7 Å². The lowest BCUT2D eigenvalue weighted by atomic mass is 9.83. The molecule has 4 heteroatoms. The number of carbonyl (C=O) groups excluding carboxylic acids is 1. The Labute approximate surface area is 129 Å². The van der Waals surface area contributed by atoms with E-state index in [-0.39, 0.29) is 5.54 Å². The molecule has 1 rings (SSSR count). The standard InChI is InChI=1S/C17H31N3O/c1-7-17(8-2,19(9-3)10-4)16(21)13-15-11-12-20(18-15)14(5)6/h11-12,14H,7-10,13H2,1-6H3. The van der Waals surface area contributed by atoms with Gasteiger partial charge in [-0.05, 0) is 45.8 Å². The molecular formula is C17H31N3O. The number of likely N-dealkylation sites (N-methyl/N-ethyl adjacent to an activating group) is 1. The zero-order valence-corrected chi connectivity index (χ0v) is 14.5. The van der Waals surface area contributed by atoms with Gasteiger partial charge in [-0.2, -0.15) is 5.10 Å². The largest absolute Gasteiger partial charge is 0.297 e. The molecule has 1 aromatic rings. The first-order chi connectivity index (χ1) is 9.94. The summed E-state index contributed by atoms with van der Waals surface area (Å²) >= 11 is 0. The summed E-state index contributed by atoms with van der Waals surface area (Å²) in [6, 6.07) is 2.30. The number of hydrogen-bond donors (Lipinski definition) is 0. The van der Waals surface area contributed by atoms with Crippen LogP contribution in [0.5, 0.6) is 0 Å². The second-order valence-electron chi connectivity index (χ2n) is 5.89. The molecule has 0 aliphatic rings. The molecule has 0 unspecified atom stereocenters. The minimum absolute atomic E-state index is 0.296. The van der Waals surface area contributed by atoms with Crippen LogP contribution in [-0.4, -0.2) is 39.1 Å². The van der Waals surface area contributed by atoms with E-state index in [0.717, 1.165) is 31.6 Å². The van der Waals surface area contributed by atoms with Gasteiger partial charge in [-0.1, -0.05) is 27.7 Å². The van der Waals surface area contributed by atoms with E-state index < -0.39 is 0 Å². The molecule has 0 N–H and O–H groups in total. The Kier molecular flexibility index (Phi) is 6.59. The van der Waals surface area contributed by atoms with Gasteiger partial charge in [0.25, 0.3) is 0 Å². The van der Waals surface area contributed by atoms with E-state index >= 15 is 0 Å². The SMILES string of the molecule is CCN(CC)C(CC)(CC)C(=O)Cc1ccn(C(C)C)n1. The molecule has 0 spiro atoms. The van der Waals surface area contributed by atoms with Gasteiger partial charge in [-0.3, -0.25) is 14.4 Å². The topological polar surface area (TPSA) is 38.1 Å². The van der Waals surface area contributed by atoms with Crippen LogP contribution in [0.2, 0.25) is 0 Å². The van der Waals surface area contributed by atoms with Crippen molar-refractivity contribution in [1.82, 2.24) is 14.7 Å². The summed E-state index contributed by atoms with van der Waals surface area (Å²) in [6.45, 7) is 14.5. The Balaban J connectivity index is 2.95. The summed E-state index contributed by atoms with van der Waals surface area (Å²) in [7, 11) is 0. The molecule has 0 amide bonds. The molecule has 21 heavy (non-hydrogen) atoms. The van der Waals surface area contributed by atoms with Gasteiger partial charge in [0, 0.05) is 12.2 Å². The van der Waals surface area contributed by atoms with Crippen molar-refractivity contribution in [1.29, 1.82) is 0 Å². The van der Waals surface area contributed by atoms with Crippen molar-refractivity contribution in [2.45, 2.75) is 72.4 Å². The zero-order chi connectivity index (χ0) is 16.0. The van der Waals surface area contributed by atoms with Gasteiger partial charge in [0.2, 0.25) is 0 Å². The highest BCUT2D eigenvalue weighted by Gasteiger charge is 2.39. The summed E-state index contributed by atoms with van der Waals surface area (Å²) in [5, 5.41) is 4.52. The van der Waals surface area contributed by atoms with Gasteiger partial charge in [-0.25, -0.2) is 0 Å². The molecule has 0 saturated carbocycles. The van der Waals surface area contributed by atoms with Crippen LogP contribution in [0.4, 0.5) is 0 Å². The smallest absolute Gasteiger partial charge is 0.159 e. The predicted molar refractivity (Wildman–Crippen MR) is 87.6 cm³/mol. The van der Waals surface area contributed by atoms with E-state index in [1.54, 1.807) is 0 Å². The van der Waals surface area contributed by atoms with Crippen molar-refractivity contribution in [3.8, 4) is 0 Å². The maximum absolute atomic E-state index is 12.9. The van der Waals surface area contributed by atoms with Gasteiger partial charge in [0.1, 0.15) is 0 Å². The fraction of sp³-hybridized carbons (Fsp3) is 0.765. The second-order valence-corrected chi connectivity index (χ2v) is 5.89. The molecule has 1 heterocycles. The Morgan fingerprint density at radius 2 is 1.81 bits per heavy atom. The summed E-state index contributed by atoms with van der Waals surface area (Å²) in [4.78, 5) is 15.2. The van der Waals surface area contributed by atoms with Gasteiger partial charge in [-0.15, -0.1) is 0 Å². The van der Waals surface area contributed by atoms with Crippen LogP contribution >= 0.6 is 0 Å². The number of rotatable bonds is 9. The normalized spacial score (nSPS) is 12.4. The molecule has 0 saturated heterocycles. The Hall–Kier alpha value is -1.16. The lowest BCUT2D eigenvalue weighted by molar-refractivity contribution is -0.131. The van der Waals surface area contributed by atoms with Crippen molar-refractivity contribution < 1.29 is 4.79 Å². The van der Waals surface area contributed by atoms with E-state index in [0.29, 0.717) is 18.2 Å². The molecule has 0 radical (unpaired) electrons. The highest BCUT2D eigenvalue weighted by Crippen LogP contribution is 2.26. The minimum Gasteiger partial charge on any atom is -0.297 e. The first kappa shape index (κ1) is 17.9. The predicted octanol–water partition coefficient (Wildman–Crippen LogP) is 3.48. The molecule has 0 bridgehead atoms. The number of carbonyl (C=O) groups is 1. The minimum atomic E-state index is -0.342. The fourth-order valence-corrected chi connectivity index (χ4v) is 3.19. The number of nitrogens with zero attached hydrogens (tertiary/aromatic N) is 3. The third-order valence-electron chi connectivity index (χ3n) is 4.59. The molecule has 0 atom stereocenters. The molecule has 4 nitrogen and oxygen atoms in total. The van der Waals surface area contributed by atoms with E-state index in [4.69, 9.17) is 0 Å². The number of aromatic nitrogens is 2. The van der Waals surface area contributed by atoms with E-state index in [1.165, 1.54) is 0 Å². The third-order valence-corrected chi connectivity index (χ3v) is 4.59. The van der Waals surface area contributed by atoms with E-state index in [9.17, 15) is 4.79 Å². The summed E-state index contributed by atoms with van der Waals surface area (Å²) < 4.78 is 1.92. The number of Topliss-reactive ketones (excluding diaryl/α,β-unsaturated/α-hetero) is 1. The van der Waals surface area contributed by atoms with Gasteiger partial charge in [0.15, 0.2) is 5.78 Å². The average Bonchev–Trinajstić information content (AvgIpc) is 2.93. The first-order valence-corrected chi connectivity index (χ1v) is 8.27. The molecule has 0 fully saturated rings. The van der Waals surface area contributed by atoms with Crippen molar-refractivity contribution >= 4 is 5.78 Å². The Morgan fingerprint density at radius 3 is 2.19 bits per heavy atom. The molecule has 0 aliphatic heterocycles.